The van der Waals surface area contributed by atoms with Crippen molar-refractivity contribution in [2.24, 2.45) is 0 Å². The van der Waals surface area contributed by atoms with Crippen LogP contribution in [0.1, 0.15) is 18.5 Å². The number of aliphatic hydroxyl groups is 1. The van der Waals surface area contributed by atoms with E-state index < -0.39 is 32.9 Å². The molecule has 1 aliphatic rings. The molecule has 0 aliphatic carbocycles. The Morgan fingerprint density at radius 2 is 2.30 bits per heavy atom. The zero-order chi connectivity index (χ0) is 16.8. The highest BCUT2D eigenvalue weighted by Gasteiger charge is 2.37. The maximum atomic E-state index is 11.8. The van der Waals surface area contributed by atoms with Crippen LogP contribution in [0.15, 0.2) is 11.1 Å². The van der Waals surface area contributed by atoms with E-state index >= 15 is 0 Å². The van der Waals surface area contributed by atoms with Gasteiger partial charge in [0, 0.05) is 6.42 Å². The molecule has 0 bridgehead atoms. The van der Waals surface area contributed by atoms with Crippen molar-refractivity contribution in [1.82, 2.24) is 19.5 Å². The monoisotopic (exact) mass is 346 g/mol. The second-order valence-corrected chi connectivity index (χ2v) is 6.43. The molecule has 0 spiro atoms. The van der Waals surface area contributed by atoms with Crippen molar-refractivity contribution in [3.63, 3.8) is 0 Å². The topological polar surface area (TPSA) is 160 Å². The van der Waals surface area contributed by atoms with Gasteiger partial charge in [0.25, 0.3) is 5.56 Å². The summed E-state index contributed by atoms with van der Waals surface area (Å²) in [5.41, 5.74) is 0.0646. The Balaban J connectivity index is 1.84. The molecular formula is C11H15N4O7P. The summed E-state index contributed by atoms with van der Waals surface area (Å²) in [6.45, 7) is 1.17. The minimum atomic E-state index is -4.64. The van der Waals surface area contributed by atoms with Gasteiger partial charge in [0.05, 0.1) is 19.0 Å². The van der Waals surface area contributed by atoms with Gasteiger partial charge >= 0.3 is 7.82 Å². The Morgan fingerprint density at radius 1 is 1.57 bits per heavy atom. The number of rotatable bonds is 4. The normalized spacial score (nSPS) is 25.3. The molecule has 11 nitrogen and oxygen atoms in total. The Morgan fingerprint density at radius 3 is 3.00 bits per heavy atom. The van der Waals surface area contributed by atoms with Crippen molar-refractivity contribution in [1.29, 1.82) is 0 Å². The molecule has 12 heteroatoms. The second-order valence-electron chi connectivity index (χ2n) is 5.19. The molecule has 23 heavy (non-hydrogen) atoms. The first-order valence-corrected chi connectivity index (χ1v) is 8.24. The number of nitrogens with zero attached hydrogens (tertiary/aromatic N) is 3. The van der Waals surface area contributed by atoms with Gasteiger partial charge in [-0.15, -0.1) is 0 Å². The number of aromatic nitrogens is 4. The molecule has 126 valence electrons. The van der Waals surface area contributed by atoms with E-state index in [1.54, 1.807) is 6.92 Å². The molecule has 1 fully saturated rings. The van der Waals surface area contributed by atoms with Gasteiger partial charge in [-0.2, -0.15) is 0 Å². The van der Waals surface area contributed by atoms with Crippen molar-refractivity contribution in [3.05, 3.63) is 22.5 Å². The van der Waals surface area contributed by atoms with Crippen LogP contribution in [0.5, 0.6) is 0 Å². The molecule has 0 unspecified atom stereocenters. The van der Waals surface area contributed by atoms with Crippen LogP contribution in [-0.2, 0) is 13.8 Å². The van der Waals surface area contributed by atoms with E-state index in [4.69, 9.17) is 14.5 Å². The van der Waals surface area contributed by atoms with E-state index in [1.807, 2.05) is 0 Å². The van der Waals surface area contributed by atoms with E-state index in [1.165, 1.54) is 10.9 Å². The molecule has 0 saturated carbocycles. The summed E-state index contributed by atoms with van der Waals surface area (Å²) in [7, 11) is -4.64. The number of hydrogen-bond donors (Lipinski definition) is 4. The number of aryl methyl sites for hydroxylation is 1. The van der Waals surface area contributed by atoms with Gasteiger partial charge in [0.15, 0.2) is 11.2 Å². The van der Waals surface area contributed by atoms with E-state index in [0.717, 1.165) is 0 Å². The molecule has 0 radical (unpaired) electrons. The van der Waals surface area contributed by atoms with Crippen LogP contribution in [0, 0.1) is 6.92 Å². The molecule has 3 atom stereocenters. The van der Waals surface area contributed by atoms with Gasteiger partial charge in [-0.1, -0.05) is 0 Å². The van der Waals surface area contributed by atoms with Gasteiger partial charge in [-0.05, 0) is 6.92 Å². The summed E-state index contributed by atoms with van der Waals surface area (Å²) >= 11 is 0. The van der Waals surface area contributed by atoms with Crippen LogP contribution in [0.2, 0.25) is 0 Å². The summed E-state index contributed by atoms with van der Waals surface area (Å²) in [6, 6.07) is 0. The minimum absolute atomic E-state index is 0.142. The van der Waals surface area contributed by atoms with Crippen LogP contribution in [0.3, 0.4) is 0 Å². The summed E-state index contributed by atoms with van der Waals surface area (Å²) in [4.78, 5) is 39.9. The smallest absolute Gasteiger partial charge is 0.390 e. The maximum Gasteiger partial charge on any atom is 0.469 e. The third kappa shape index (κ3) is 3.34. The van der Waals surface area contributed by atoms with E-state index in [0.29, 0.717) is 11.5 Å². The third-order valence-electron chi connectivity index (χ3n) is 3.47. The fourth-order valence-electron chi connectivity index (χ4n) is 2.45. The number of hydrogen-bond acceptors (Lipinski definition) is 7. The average Bonchev–Trinajstić information content (AvgIpc) is 2.99. The molecular weight excluding hydrogens is 331 g/mol. The highest BCUT2D eigenvalue weighted by atomic mass is 31.2. The molecule has 1 saturated heterocycles. The summed E-state index contributed by atoms with van der Waals surface area (Å²) < 4.78 is 22.1. The average molecular weight is 346 g/mol. The fourth-order valence-corrected chi connectivity index (χ4v) is 2.79. The highest BCUT2D eigenvalue weighted by molar-refractivity contribution is 7.46. The maximum absolute atomic E-state index is 11.8. The standard InChI is InChI=1S/C11H15N4O7P/c1-5-13-10-9(11(17)14-5)12-4-15(10)8-2-6(16)7(22-8)3-21-23(18,19)20/h4,6-8,16H,2-3H2,1H3,(H,13,14,17)(H2,18,19,20)/t6-,7-,8-/m1/s1. The molecule has 4 N–H and O–H groups in total. The summed E-state index contributed by atoms with van der Waals surface area (Å²) in [6.07, 6.45) is -1.04. The molecule has 2 aromatic heterocycles. The lowest BCUT2D eigenvalue weighted by Crippen LogP contribution is -2.25. The van der Waals surface area contributed by atoms with Crippen LogP contribution in [0.4, 0.5) is 0 Å². The SMILES string of the molecule is Cc1nc2c(ncn2[C@H]2C[C@@H](O)[C@@H](COP(=O)(O)O)O2)c(=O)[nH]1. The Hall–Kier alpha value is -1.62. The first-order chi connectivity index (χ1) is 10.7. The number of ether oxygens (including phenoxy) is 1. The third-order valence-corrected chi connectivity index (χ3v) is 3.96. The molecule has 1 aliphatic heterocycles. The fraction of sp³-hybridized carbons (Fsp3) is 0.545. The van der Waals surface area contributed by atoms with E-state index in [2.05, 4.69) is 19.5 Å². The Kier molecular flexibility index (Phi) is 4.08. The van der Waals surface area contributed by atoms with Crippen LogP contribution in [0.25, 0.3) is 11.2 Å². The van der Waals surface area contributed by atoms with Gasteiger partial charge in [0.2, 0.25) is 0 Å². The Labute approximate surface area is 129 Å². The number of H-pyrrole nitrogens is 1. The Bertz CT molecular complexity index is 827. The van der Waals surface area contributed by atoms with Crippen molar-refractivity contribution in [3.8, 4) is 0 Å². The van der Waals surface area contributed by atoms with Gasteiger partial charge in [-0.3, -0.25) is 13.9 Å². The zero-order valence-electron chi connectivity index (χ0n) is 12.0. The summed E-state index contributed by atoms with van der Waals surface area (Å²) in [5, 5.41) is 9.96. The lowest BCUT2D eigenvalue weighted by molar-refractivity contribution is -0.0424. The minimum Gasteiger partial charge on any atom is -0.390 e. The molecule has 2 aromatic rings. The number of imidazole rings is 1. The molecule has 0 aromatic carbocycles. The van der Waals surface area contributed by atoms with Crippen molar-refractivity contribution < 1.29 is 28.7 Å². The number of nitrogens with one attached hydrogen (secondary N) is 1. The van der Waals surface area contributed by atoms with Crippen LogP contribution in [-0.4, -0.2) is 53.2 Å². The first-order valence-electron chi connectivity index (χ1n) is 6.71. The molecule has 3 heterocycles. The van der Waals surface area contributed by atoms with Gasteiger partial charge in [0.1, 0.15) is 18.2 Å². The number of fused-ring (bicyclic) bond motifs is 1. The zero-order valence-corrected chi connectivity index (χ0v) is 12.9. The predicted molar refractivity (Wildman–Crippen MR) is 75.4 cm³/mol. The lowest BCUT2D eigenvalue weighted by Gasteiger charge is -2.16. The quantitative estimate of drug-likeness (QED) is 0.519. The summed E-state index contributed by atoms with van der Waals surface area (Å²) in [5.74, 6) is 0.407. The van der Waals surface area contributed by atoms with Crippen LogP contribution >= 0.6 is 7.82 Å². The van der Waals surface area contributed by atoms with E-state index in [9.17, 15) is 14.5 Å². The number of aromatic amines is 1. The van der Waals surface area contributed by atoms with Gasteiger partial charge in [-0.25, -0.2) is 14.5 Å². The van der Waals surface area contributed by atoms with Crippen molar-refractivity contribution in [2.75, 3.05) is 6.61 Å². The number of phosphoric acid groups is 1. The number of aliphatic hydroxyl groups excluding tert-OH is 1. The van der Waals surface area contributed by atoms with Crippen molar-refractivity contribution in [2.45, 2.75) is 31.8 Å². The number of phosphoric ester groups is 1. The van der Waals surface area contributed by atoms with Crippen molar-refractivity contribution >= 4 is 19.0 Å². The first kappa shape index (κ1) is 16.2. The van der Waals surface area contributed by atoms with E-state index in [-0.39, 0.29) is 17.5 Å². The second kappa shape index (κ2) is 5.78. The molecule has 0 amide bonds. The van der Waals surface area contributed by atoms with Crippen LogP contribution < -0.4 is 5.56 Å². The van der Waals surface area contributed by atoms with Gasteiger partial charge < -0.3 is 24.6 Å². The highest BCUT2D eigenvalue weighted by Crippen LogP contribution is 2.38. The largest absolute Gasteiger partial charge is 0.469 e. The predicted octanol–water partition coefficient (Wildman–Crippen LogP) is -0.814. The molecule has 3 rings (SSSR count). The lowest BCUT2D eigenvalue weighted by atomic mass is 10.2.